The second-order valence-electron chi connectivity index (χ2n) is 8.59. The van der Waals surface area contributed by atoms with E-state index in [9.17, 15) is 8.78 Å². The fourth-order valence-corrected chi connectivity index (χ4v) is 4.61. The van der Waals surface area contributed by atoms with Crippen molar-refractivity contribution in [1.29, 1.82) is 0 Å². The molecule has 0 saturated heterocycles. The van der Waals surface area contributed by atoms with Gasteiger partial charge in [0, 0.05) is 0 Å². The summed E-state index contributed by atoms with van der Waals surface area (Å²) in [6, 6.07) is 13.0. The van der Waals surface area contributed by atoms with E-state index in [1.165, 1.54) is 81.9 Å². The lowest BCUT2D eigenvalue weighted by Crippen LogP contribution is -2.13. The van der Waals surface area contributed by atoms with Crippen LogP contribution in [0.1, 0.15) is 93.7 Å². The summed E-state index contributed by atoms with van der Waals surface area (Å²) in [6.07, 6.45) is 14.4. The van der Waals surface area contributed by atoms with Crippen LogP contribution < -0.4 is 0 Å². The average molecular weight is 385 g/mol. The zero-order valence-corrected chi connectivity index (χ0v) is 17.2. The van der Waals surface area contributed by atoms with E-state index < -0.39 is 11.6 Å². The maximum Gasteiger partial charge on any atom is 0.159 e. The van der Waals surface area contributed by atoms with Gasteiger partial charge in [-0.15, -0.1) is 0 Å². The monoisotopic (exact) mass is 384 g/mol. The van der Waals surface area contributed by atoms with Crippen LogP contribution in [-0.2, 0) is 6.42 Å². The Labute approximate surface area is 169 Å². The Morgan fingerprint density at radius 2 is 1.43 bits per heavy atom. The molecule has 152 valence electrons. The minimum Gasteiger partial charge on any atom is -0.204 e. The molecule has 0 heterocycles. The first-order valence-corrected chi connectivity index (χ1v) is 11.2. The van der Waals surface area contributed by atoms with Gasteiger partial charge in [0.05, 0.1) is 0 Å². The van der Waals surface area contributed by atoms with Gasteiger partial charge in [-0.05, 0) is 72.8 Å². The van der Waals surface area contributed by atoms with Crippen LogP contribution in [0.3, 0.4) is 0 Å². The van der Waals surface area contributed by atoms with E-state index in [0.717, 1.165) is 17.0 Å². The number of rotatable bonds is 9. The van der Waals surface area contributed by atoms with Gasteiger partial charge in [0.2, 0.25) is 0 Å². The molecule has 0 unspecified atom stereocenters. The molecule has 0 aliphatic heterocycles. The Kier molecular flexibility index (Phi) is 8.06. The fraction of sp³-hybridized carbons (Fsp3) is 0.538. The fourth-order valence-electron chi connectivity index (χ4n) is 4.61. The smallest absolute Gasteiger partial charge is 0.159 e. The van der Waals surface area contributed by atoms with Crippen LogP contribution in [0.4, 0.5) is 8.78 Å². The van der Waals surface area contributed by atoms with E-state index in [0.29, 0.717) is 12.3 Å². The summed E-state index contributed by atoms with van der Waals surface area (Å²) in [5.74, 6) is 0.0751. The normalized spacial score (nSPS) is 19.7. The molecule has 0 atom stereocenters. The maximum absolute atomic E-state index is 13.4. The molecule has 0 radical (unpaired) electrons. The first-order chi connectivity index (χ1) is 13.7. The van der Waals surface area contributed by atoms with E-state index >= 15 is 0 Å². The molecule has 1 aliphatic carbocycles. The van der Waals surface area contributed by atoms with E-state index in [-0.39, 0.29) is 0 Å². The van der Waals surface area contributed by atoms with Crippen molar-refractivity contribution in [3.8, 4) is 0 Å². The van der Waals surface area contributed by atoms with Crippen LogP contribution in [0.25, 0.3) is 0 Å². The van der Waals surface area contributed by atoms with Crippen molar-refractivity contribution in [2.45, 2.75) is 83.5 Å². The maximum atomic E-state index is 13.4. The molecule has 0 N–H and O–H groups in total. The summed E-state index contributed by atoms with van der Waals surface area (Å²) in [7, 11) is 0. The minimum atomic E-state index is -0.782. The second kappa shape index (κ2) is 10.7. The standard InChI is InChI=1S/C26H34F2/c1-2-3-4-5-6-7-20-8-13-23(14-9-20)24-15-10-21(11-16-24)18-22-12-17-25(27)26(28)19-22/h10-12,15-17,19-20,23H,2-9,13-14,18H2,1H3. The summed E-state index contributed by atoms with van der Waals surface area (Å²) in [6.45, 7) is 2.27. The number of benzene rings is 2. The van der Waals surface area contributed by atoms with Crippen LogP contribution in [-0.4, -0.2) is 0 Å². The molecule has 28 heavy (non-hydrogen) atoms. The van der Waals surface area contributed by atoms with Gasteiger partial charge in [0.15, 0.2) is 11.6 Å². The lowest BCUT2D eigenvalue weighted by Gasteiger charge is -2.29. The SMILES string of the molecule is CCCCCCCC1CCC(c2ccc(Cc3ccc(F)c(F)c3)cc2)CC1. The van der Waals surface area contributed by atoms with Crippen molar-refractivity contribution < 1.29 is 8.78 Å². The molecule has 0 aromatic heterocycles. The molecular formula is C26H34F2. The quantitative estimate of drug-likeness (QED) is 0.382. The predicted molar refractivity (Wildman–Crippen MR) is 114 cm³/mol. The number of unbranched alkanes of at least 4 members (excludes halogenated alkanes) is 4. The summed E-state index contributed by atoms with van der Waals surface area (Å²) in [5.41, 5.74) is 3.40. The largest absolute Gasteiger partial charge is 0.204 e. The molecule has 2 aromatic carbocycles. The van der Waals surface area contributed by atoms with Crippen molar-refractivity contribution in [1.82, 2.24) is 0 Å². The lowest BCUT2D eigenvalue weighted by molar-refractivity contribution is 0.302. The van der Waals surface area contributed by atoms with Crippen molar-refractivity contribution in [3.63, 3.8) is 0 Å². The van der Waals surface area contributed by atoms with Crippen LogP contribution in [0.5, 0.6) is 0 Å². The Balaban J connectivity index is 1.45. The highest BCUT2D eigenvalue weighted by atomic mass is 19.2. The molecule has 1 saturated carbocycles. The Hall–Kier alpha value is -1.70. The number of halogens is 2. The van der Waals surface area contributed by atoms with Crippen molar-refractivity contribution in [3.05, 3.63) is 70.8 Å². The van der Waals surface area contributed by atoms with Crippen molar-refractivity contribution in [2.75, 3.05) is 0 Å². The zero-order valence-electron chi connectivity index (χ0n) is 17.2. The number of hydrogen-bond acceptors (Lipinski definition) is 0. The molecule has 2 heteroatoms. The van der Waals surface area contributed by atoms with Gasteiger partial charge < -0.3 is 0 Å². The van der Waals surface area contributed by atoms with E-state index in [1.807, 2.05) is 0 Å². The Morgan fingerprint density at radius 3 is 2.11 bits per heavy atom. The Bertz CT molecular complexity index is 712. The minimum absolute atomic E-state index is 0.641. The van der Waals surface area contributed by atoms with Crippen molar-refractivity contribution in [2.24, 2.45) is 5.92 Å². The molecule has 1 aliphatic rings. The molecular weight excluding hydrogens is 350 g/mol. The highest BCUT2D eigenvalue weighted by Crippen LogP contribution is 2.37. The van der Waals surface area contributed by atoms with Gasteiger partial charge in [-0.3, -0.25) is 0 Å². The van der Waals surface area contributed by atoms with Crippen LogP contribution in [0, 0.1) is 17.6 Å². The average Bonchev–Trinajstić information content (AvgIpc) is 2.72. The third-order valence-electron chi connectivity index (χ3n) is 6.41. The van der Waals surface area contributed by atoms with Gasteiger partial charge in [-0.1, -0.05) is 75.8 Å². The zero-order chi connectivity index (χ0) is 19.8. The summed E-state index contributed by atoms with van der Waals surface area (Å²) >= 11 is 0. The van der Waals surface area contributed by atoms with Crippen LogP contribution in [0.2, 0.25) is 0 Å². The molecule has 0 amide bonds. The van der Waals surface area contributed by atoms with Gasteiger partial charge in [-0.2, -0.15) is 0 Å². The van der Waals surface area contributed by atoms with Crippen molar-refractivity contribution >= 4 is 0 Å². The van der Waals surface area contributed by atoms with E-state index in [1.54, 1.807) is 6.07 Å². The van der Waals surface area contributed by atoms with Gasteiger partial charge in [0.25, 0.3) is 0 Å². The third kappa shape index (κ3) is 6.15. The first kappa shape index (κ1) is 21.0. The molecule has 0 spiro atoms. The molecule has 3 rings (SSSR count). The van der Waals surface area contributed by atoms with E-state index in [2.05, 4.69) is 31.2 Å². The van der Waals surface area contributed by atoms with Gasteiger partial charge in [0.1, 0.15) is 0 Å². The van der Waals surface area contributed by atoms with Gasteiger partial charge >= 0.3 is 0 Å². The topological polar surface area (TPSA) is 0 Å². The predicted octanol–water partition coefficient (Wildman–Crippen LogP) is 8.19. The Morgan fingerprint density at radius 1 is 0.750 bits per heavy atom. The van der Waals surface area contributed by atoms with Gasteiger partial charge in [-0.25, -0.2) is 8.78 Å². The summed E-state index contributed by atoms with van der Waals surface area (Å²) in [4.78, 5) is 0. The summed E-state index contributed by atoms with van der Waals surface area (Å²) in [5, 5.41) is 0. The highest BCUT2D eigenvalue weighted by molar-refractivity contribution is 5.30. The molecule has 0 bridgehead atoms. The highest BCUT2D eigenvalue weighted by Gasteiger charge is 2.22. The van der Waals surface area contributed by atoms with Crippen LogP contribution >= 0.6 is 0 Å². The number of hydrogen-bond donors (Lipinski definition) is 0. The first-order valence-electron chi connectivity index (χ1n) is 11.2. The second-order valence-corrected chi connectivity index (χ2v) is 8.59. The molecule has 1 fully saturated rings. The van der Waals surface area contributed by atoms with E-state index in [4.69, 9.17) is 0 Å². The lowest BCUT2D eigenvalue weighted by atomic mass is 9.77. The molecule has 0 nitrogen and oxygen atoms in total. The van der Waals surface area contributed by atoms with Crippen LogP contribution in [0.15, 0.2) is 42.5 Å². The summed E-state index contributed by atoms with van der Waals surface area (Å²) < 4.78 is 26.4. The molecule has 2 aromatic rings. The third-order valence-corrected chi connectivity index (χ3v) is 6.41.